The highest BCUT2D eigenvalue weighted by molar-refractivity contribution is 6.31. The molecular formula is C15H21ClN2O2. The quantitative estimate of drug-likeness (QED) is 0.929. The number of nitrogens with zero attached hydrogens (tertiary/aromatic N) is 1. The van der Waals surface area contributed by atoms with Crippen molar-refractivity contribution in [3.63, 3.8) is 0 Å². The van der Waals surface area contributed by atoms with Gasteiger partial charge in [0, 0.05) is 23.9 Å². The summed E-state index contributed by atoms with van der Waals surface area (Å²) in [5.41, 5.74) is 1.80. The third kappa shape index (κ3) is 4.20. The molecule has 1 unspecified atom stereocenters. The van der Waals surface area contributed by atoms with E-state index in [9.17, 15) is 4.79 Å². The van der Waals surface area contributed by atoms with E-state index in [1.807, 2.05) is 37.2 Å². The Kier molecular flexibility index (Phi) is 5.40. The fraction of sp³-hybridized carbons (Fsp3) is 0.533. The molecule has 2 rings (SSSR count). The fourth-order valence-electron chi connectivity index (χ4n) is 2.31. The van der Waals surface area contributed by atoms with E-state index in [-0.39, 0.29) is 11.8 Å². The molecule has 1 aliphatic rings. The Balaban J connectivity index is 2.03. The third-order valence-electron chi connectivity index (χ3n) is 3.33. The Morgan fingerprint density at radius 3 is 2.95 bits per heavy atom. The van der Waals surface area contributed by atoms with Crippen molar-refractivity contribution in [2.24, 2.45) is 5.92 Å². The van der Waals surface area contributed by atoms with Gasteiger partial charge in [-0.05, 0) is 50.7 Å². The van der Waals surface area contributed by atoms with Gasteiger partial charge in [0.2, 0.25) is 5.91 Å². The third-order valence-corrected chi connectivity index (χ3v) is 3.70. The molecule has 110 valence electrons. The number of nitrogens with one attached hydrogen (secondary N) is 1. The maximum absolute atomic E-state index is 12.2. The number of anilines is 1. The van der Waals surface area contributed by atoms with Crippen molar-refractivity contribution in [2.45, 2.75) is 19.4 Å². The summed E-state index contributed by atoms with van der Waals surface area (Å²) in [6.07, 6.45) is 1.84. The Bertz CT molecular complexity index is 471. The van der Waals surface area contributed by atoms with Gasteiger partial charge in [0.1, 0.15) is 0 Å². The first kappa shape index (κ1) is 15.3. The maximum atomic E-state index is 12.2. The van der Waals surface area contributed by atoms with E-state index in [0.29, 0.717) is 6.61 Å². The second kappa shape index (κ2) is 7.07. The van der Waals surface area contributed by atoms with Crippen LogP contribution in [0.2, 0.25) is 5.02 Å². The lowest BCUT2D eigenvalue weighted by Gasteiger charge is -2.21. The Morgan fingerprint density at radius 2 is 2.30 bits per heavy atom. The number of carbonyl (C=O) groups excluding carboxylic acids is 1. The number of benzene rings is 1. The van der Waals surface area contributed by atoms with Crippen molar-refractivity contribution in [3.05, 3.63) is 28.8 Å². The average molecular weight is 297 g/mol. The molecular weight excluding hydrogens is 276 g/mol. The largest absolute Gasteiger partial charge is 0.381 e. The summed E-state index contributed by atoms with van der Waals surface area (Å²) < 4.78 is 5.35. The predicted octanol–water partition coefficient (Wildman–Crippen LogP) is 2.77. The van der Waals surface area contributed by atoms with Crippen LogP contribution in [0, 0.1) is 5.92 Å². The molecule has 1 atom stereocenters. The SMILES string of the molecule is CN(C)Cc1cc(NC(=O)C2CCCOC2)ccc1Cl. The lowest BCUT2D eigenvalue weighted by Crippen LogP contribution is -2.30. The Hall–Kier alpha value is -1.10. The second-order valence-electron chi connectivity index (χ2n) is 5.45. The van der Waals surface area contributed by atoms with Crippen molar-refractivity contribution >= 4 is 23.2 Å². The molecule has 1 heterocycles. The lowest BCUT2D eigenvalue weighted by molar-refractivity contribution is -0.123. The highest BCUT2D eigenvalue weighted by Gasteiger charge is 2.21. The minimum atomic E-state index is -0.0447. The number of halogens is 1. The van der Waals surface area contributed by atoms with Crippen LogP contribution < -0.4 is 5.32 Å². The van der Waals surface area contributed by atoms with Gasteiger partial charge < -0.3 is 15.0 Å². The molecule has 4 nitrogen and oxygen atoms in total. The van der Waals surface area contributed by atoms with Crippen LogP contribution in [-0.2, 0) is 16.1 Å². The summed E-state index contributed by atoms with van der Waals surface area (Å²) in [5.74, 6) is -0.0143. The van der Waals surface area contributed by atoms with Crippen LogP contribution in [0.15, 0.2) is 18.2 Å². The highest BCUT2D eigenvalue weighted by Crippen LogP contribution is 2.23. The molecule has 1 saturated heterocycles. The van der Waals surface area contributed by atoms with Gasteiger partial charge in [0.05, 0.1) is 12.5 Å². The van der Waals surface area contributed by atoms with Gasteiger partial charge in [-0.3, -0.25) is 4.79 Å². The second-order valence-corrected chi connectivity index (χ2v) is 5.85. The van der Waals surface area contributed by atoms with Crippen molar-refractivity contribution in [3.8, 4) is 0 Å². The molecule has 0 aliphatic carbocycles. The van der Waals surface area contributed by atoms with Gasteiger partial charge in [0.15, 0.2) is 0 Å². The molecule has 1 aromatic rings. The van der Waals surface area contributed by atoms with Crippen molar-refractivity contribution in [1.29, 1.82) is 0 Å². The normalized spacial score (nSPS) is 19.1. The molecule has 0 saturated carbocycles. The van der Waals surface area contributed by atoms with Crippen LogP contribution in [0.1, 0.15) is 18.4 Å². The van der Waals surface area contributed by atoms with Gasteiger partial charge in [-0.15, -0.1) is 0 Å². The van der Waals surface area contributed by atoms with E-state index >= 15 is 0 Å². The van der Waals surface area contributed by atoms with Gasteiger partial charge in [0.25, 0.3) is 0 Å². The summed E-state index contributed by atoms with van der Waals surface area (Å²) in [4.78, 5) is 14.2. The molecule has 0 radical (unpaired) electrons. The van der Waals surface area contributed by atoms with Crippen LogP contribution >= 0.6 is 11.6 Å². The Morgan fingerprint density at radius 1 is 1.50 bits per heavy atom. The van der Waals surface area contributed by atoms with E-state index in [4.69, 9.17) is 16.3 Å². The van der Waals surface area contributed by atoms with E-state index in [0.717, 1.165) is 42.3 Å². The van der Waals surface area contributed by atoms with Gasteiger partial charge in [-0.2, -0.15) is 0 Å². The molecule has 0 bridgehead atoms. The van der Waals surface area contributed by atoms with Crippen molar-refractivity contribution in [1.82, 2.24) is 4.90 Å². The van der Waals surface area contributed by atoms with Crippen molar-refractivity contribution in [2.75, 3.05) is 32.6 Å². The molecule has 1 N–H and O–H groups in total. The summed E-state index contributed by atoms with van der Waals surface area (Å²) in [7, 11) is 3.97. The number of carbonyl (C=O) groups is 1. The molecule has 0 spiro atoms. The number of hydrogen-bond acceptors (Lipinski definition) is 3. The zero-order valence-corrected chi connectivity index (χ0v) is 12.7. The van der Waals surface area contributed by atoms with E-state index in [2.05, 4.69) is 5.32 Å². The minimum Gasteiger partial charge on any atom is -0.381 e. The average Bonchev–Trinajstić information content (AvgIpc) is 2.43. The monoisotopic (exact) mass is 296 g/mol. The topological polar surface area (TPSA) is 41.6 Å². The zero-order valence-electron chi connectivity index (χ0n) is 12.0. The first-order valence-corrected chi connectivity index (χ1v) is 7.26. The molecule has 1 aromatic carbocycles. The number of hydrogen-bond donors (Lipinski definition) is 1. The first-order valence-electron chi connectivity index (χ1n) is 6.88. The number of amides is 1. The maximum Gasteiger partial charge on any atom is 0.229 e. The highest BCUT2D eigenvalue weighted by atomic mass is 35.5. The fourth-order valence-corrected chi connectivity index (χ4v) is 2.48. The van der Waals surface area contributed by atoms with E-state index in [1.54, 1.807) is 0 Å². The zero-order chi connectivity index (χ0) is 14.5. The molecule has 1 aliphatic heterocycles. The minimum absolute atomic E-state index is 0.0304. The van der Waals surface area contributed by atoms with Crippen LogP contribution in [0.4, 0.5) is 5.69 Å². The summed E-state index contributed by atoms with van der Waals surface area (Å²) in [6, 6.07) is 5.60. The summed E-state index contributed by atoms with van der Waals surface area (Å²) in [5, 5.41) is 3.68. The van der Waals surface area contributed by atoms with Crippen molar-refractivity contribution < 1.29 is 9.53 Å². The lowest BCUT2D eigenvalue weighted by atomic mass is 10.0. The van der Waals surface area contributed by atoms with E-state index < -0.39 is 0 Å². The first-order chi connectivity index (χ1) is 9.56. The molecule has 20 heavy (non-hydrogen) atoms. The molecule has 1 fully saturated rings. The molecule has 1 amide bonds. The molecule has 5 heteroatoms. The standard InChI is InChI=1S/C15H21ClN2O2/c1-18(2)9-12-8-13(5-6-14(12)16)17-15(19)11-4-3-7-20-10-11/h5-6,8,11H,3-4,7,9-10H2,1-2H3,(H,17,19). The summed E-state index contributed by atoms with van der Waals surface area (Å²) >= 11 is 6.17. The van der Waals surface area contributed by atoms with Gasteiger partial charge in [-0.25, -0.2) is 0 Å². The van der Waals surface area contributed by atoms with E-state index in [1.165, 1.54) is 0 Å². The van der Waals surface area contributed by atoms with Crippen LogP contribution in [0.5, 0.6) is 0 Å². The number of ether oxygens (including phenoxy) is 1. The van der Waals surface area contributed by atoms with Crippen LogP contribution in [-0.4, -0.2) is 38.1 Å². The van der Waals surface area contributed by atoms with Crippen LogP contribution in [0.25, 0.3) is 0 Å². The predicted molar refractivity (Wildman–Crippen MR) is 81.0 cm³/mol. The smallest absolute Gasteiger partial charge is 0.229 e. The van der Waals surface area contributed by atoms with Gasteiger partial charge >= 0.3 is 0 Å². The van der Waals surface area contributed by atoms with Gasteiger partial charge in [-0.1, -0.05) is 11.6 Å². The molecule has 0 aromatic heterocycles. The number of rotatable bonds is 4. The Labute approximate surface area is 125 Å². The summed E-state index contributed by atoms with van der Waals surface area (Å²) in [6.45, 7) is 2.02. The van der Waals surface area contributed by atoms with Crippen LogP contribution in [0.3, 0.4) is 0 Å².